The summed E-state index contributed by atoms with van der Waals surface area (Å²) in [5, 5.41) is 0.822. The van der Waals surface area contributed by atoms with E-state index >= 15 is 0 Å². The molecule has 0 saturated heterocycles. The Balaban J connectivity index is -0.000000580. The second-order valence-electron chi connectivity index (χ2n) is 23.0. The Morgan fingerprint density at radius 1 is 0.301 bits per heavy atom. The summed E-state index contributed by atoms with van der Waals surface area (Å²) in [6.45, 7) is 30.7. The van der Waals surface area contributed by atoms with Crippen molar-refractivity contribution in [2.75, 3.05) is 98.6 Å². The fourth-order valence-corrected chi connectivity index (χ4v) is 50.3. The highest BCUT2D eigenvalue weighted by molar-refractivity contribution is 7.65. The quantitative estimate of drug-likeness (QED) is 0.0439. The van der Waals surface area contributed by atoms with E-state index in [4.69, 9.17) is 63.7 Å². The van der Waals surface area contributed by atoms with Crippen LogP contribution >= 0.6 is 96.4 Å². The molecule has 0 aliphatic carbocycles. The lowest BCUT2D eigenvalue weighted by molar-refractivity contribution is 0.273. The largest absolute Gasteiger partial charge is 0.688 e. The van der Waals surface area contributed by atoms with Gasteiger partial charge in [-0.05, 0) is 140 Å². The summed E-state index contributed by atoms with van der Waals surface area (Å²) in [4.78, 5) is 0. The average molecular weight is 1850 g/mol. The van der Waals surface area contributed by atoms with Gasteiger partial charge in [-0.3, -0.25) is 18.3 Å². The van der Waals surface area contributed by atoms with Crippen LogP contribution in [0.2, 0.25) is 116 Å². The Bertz CT molecular complexity index is 2940. The lowest BCUT2D eigenvalue weighted by Gasteiger charge is -2.30. The minimum Gasteiger partial charge on any atom is -0.409 e. The molecule has 37 nitrogen and oxygen atoms in total. The molecule has 2 rings (SSSR count). The topological polar surface area (TPSA) is 436 Å². The highest BCUT2D eigenvalue weighted by Gasteiger charge is 2.54. The summed E-state index contributed by atoms with van der Waals surface area (Å²) in [6.07, 6.45) is 0. The maximum absolute atomic E-state index is 13.1. The van der Waals surface area contributed by atoms with Crippen LogP contribution in [0.4, 0.5) is 0 Å². The Labute approximate surface area is 623 Å². The normalized spacial score (nSPS) is 15.9. The van der Waals surface area contributed by atoms with Crippen molar-refractivity contribution in [3.05, 3.63) is 60.7 Å². The first kappa shape index (κ1) is 110. The van der Waals surface area contributed by atoms with E-state index in [0.29, 0.717) is 22.7 Å². The van der Waals surface area contributed by atoms with Crippen LogP contribution in [0.3, 0.4) is 0 Å². The fourth-order valence-electron chi connectivity index (χ4n) is 6.65. The van der Waals surface area contributed by atoms with Crippen molar-refractivity contribution in [3.8, 4) is 0 Å². The third-order valence-electron chi connectivity index (χ3n) is 11.1. The highest BCUT2D eigenvalue weighted by atomic mass is 31.2. The summed E-state index contributed by atoms with van der Waals surface area (Å²) in [6, 6.07) is 19.8. The molecule has 0 bridgehead atoms. The number of rotatable bonds is 45. The maximum atomic E-state index is 13.1. The van der Waals surface area contributed by atoms with Gasteiger partial charge in [0.25, 0.3) is 16.6 Å². The Hall–Kier alpha value is 0.895. The van der Waals surface area contributed by atoms with Crippen LogP contribution in [-0.2, 0) is 164 Å². The zero-order valence-corrected chi connectivity index (χ0v) is 82.8. The lowest BCUT2D eigenvalue weighted by atomic mass is 10.4. The fraction of sp³-hybridized carbons (Fsp3) is 0.739. The molecule has 0 radical (unpaired) electrons. The van der Waals surface area contributed by atoms with Crippen molar-refractivity contribution >= 4 is 175 Å². The molecule has 0 aromatic heterocycles. The van der Waals surface area contributed by atoms with Gasteiger partial charge in [-0.15, -0.1) is 61.5 Å². The monoisotopic (exact) mass is 1850 g/mol. The second-order valence-corrected chi connectivity index (χ2v) is 71.9. The molecule has 0 amide bonds. The van der Waals surface area contributed by atoms with E-state index < -0.39 is 164 Å². The van der Waals surface area contributed by atoms with Gasteiger partial charge in [0.05, 0.1) is 67.5 Å². The first-order valence-electron chi connectivity index (χ1n) is 29.8. The van der Waals surface area contributed by atoms with Crippen LogP contribution in [0.15, 0.2) is 60.7 Å². The molecule has 57 heteroatoms. The number of hydrogen-bond acceptors (Lipinski definition) is 37. The molecular formula is C46H108O37P12Si8+8. The van der Waals surface area contributed by atoms with Crippen LogP contribution in [0.5, 0.6) is 0 Å². The number of hydrogen-bond donors (Lipinski definition) is 0. The molecule has 0 saturated carbocycles. The zero-order valence-electron chi connectivity index (χ0n) is 64.1. The Morgan fingerprint density at radius 2 is 0.524 bits per heavy atom. The van der Waals surface area contributed by atoms with Crippen molar-refractivity contribution in [3.63, 3.8) is 0 Å². The molecule has 0 aliphatic heterocycles. The summed E-state index contributed by atoms with van der Waals surface area (Å²) in [5.41, 5.74) is 0. The molecular weight excluding hydrogens is 1740 g/mol. The van der Waals surface area contributed by atoms with E-state index in [-0.39, 0.29) is 0 Å². The summed E-state index contributed by atoms with van der Waals surface area (Å²) >= 11 is 0. The first-order valence-corrected chi connectivity index (χ1v) is 68.2. The average Bonchev–Trinajstić information content (AvgIpc) is 0.792. The number of benzene rings is 2. The maximum Gasteiger partial charge on any atom is 0.688 e. The smallest absolute Gasteiger partial charge is 0.409 e. The van der Waals surface area contributed by atoms with Gasteiger partial charge in [0.15, 0.2) is 0 Å². The molecule has 598 valence electrons. The van der Waals surface area contributed by atoms with Crippen molar-refractivity contribution in [2.45, 2.75) is 130 Å². The second kappa shape index (κ2) is 53.1. The molecule has 0 heterocycles. The minimum absolute atomic E-state index is 0.411. The van der Waals surface area contributed by atoms with Crippen LogP contribution in [0.25, 0.3) is 0 Å². The predicted molar refractivity (Wildman–Crippen MR) is 412 cm³/mol. The molecule has 12 unspecified atom stereocenters. The third kappa shape index (κ3) is 53.5. The van der Waals surface area contributed by atoms with Crippen molar-refractivity contribution in [1.29, 1.82) is 0 Å². The first-order chi connectivity index (χ1) is 47.0. The molecule has 2 aromatic rings. The molecule has 0 spiro atoms. The molecule has 0 fully saturated rings. The van der Waals surface area contributed by atoms with Crippen molar-refractivity contribution < 1.29 is 164 Å². The van der Waals surface area contributed by atoms with E-state index in [9.17, 15) is 54.8 Å². The third-order valence-corrected chi connectivity index (χ3v) is 57.2. The van der Waals surface area contributed by atoms with Crippen LogP contribution in [0.1, 0.15) is 13.8 Å². The van der Waals surface area contributed by atoms with Crippen LogP contribution < -0.4 is 10.6 Å². The van der Waals surface area contributed by atoms with Gasteiger partial charge in [-0.2, -0.15) is 8.43 Å². The van der Waals surface area contributed by atoms with Gasteiger partial charge >= 0.3 is 148 Å². The van der Waals surface area contributed by atoms with E-state index in [1.165, 1.54) is 98.6 Å². The zero-order chi connectivity index (χ0) is 81.4. The van der Waals surface area contributed by atoms with Crippen molar-refractivity contribution in [1.82, 2.24) is 0 Å². The van der Waals surface area contributed by atoms with Gasteiger partial charge in [0.2, 0.25) is 0 Å². The van der Waals surface area contributed by atoms with Crippen molar-refractivity contribution in [2.24, 2.45) is 0 Å². The van der Waals surface area contributed by atoms with E-state index in [1.807, 2.05) is 40.0 Å². The lowest BCUT2D eigenvalue weighted by Crippen LogP contribution is -2.46. The Morgan fingerprint density at radius 3 is 0.748 bits per heavy atom. The molecule has 0 N–H and O–H groups in total. The summed E-state index contributed by atoms with van der Waals surface area (Å²) in [5.74, 6) is 0. The van der Waals surface area contributed by atoms with Gasteiger partial charge < -0.3 is 39.1 Å². The molecule has 0 aliphatic rings. The van der Waals surface area contributed by atoms with E-state index in [2.05, 4.69) is 45.2 Å². The SMILES string of the molecule is CC[Si](CC)(O[P+](=O)OC)O[P+](=O)OC.COP(=O)(O[Si](C)(C)OP(=O)(OC)c1ccccc1)c1ccccc1.COP(C)(=O)O[Si](C)(C)OP(C)(=O)OC.CO[P+](=O)O[Si](C)(C)CC[Si](C)(C)O[P+](=O)OC.CO[P+](=O)O[Si](C)(C)O[P+](=O)OC.CO[P+](=O)O[Si](C)(C)O[Si](C)(C)O[P+](=O)OC. The van der Waals surface area contributed by atoms with E-state index in [1.54, 1.807) is 126 Å². The van der Waals surface area contributed by atoms with Gasteiger partial charge in [-0.25, -0.2) is 0 Å². The van der Waals surface area contributed by atoms with Gasteiger partial charge in [0, 0.05) is 78.3 Å². The van der Waals surface area contributed by atoms with Crippen LogP contribution in [-0.4, -0.2) is 167 Å². The predicted octanol–water partition coefficient (Wildman–Crippen LogP) is 19.2. The Kier molecular flexibility index (Phi) is 56.8. The van der Waals surface area contributed by atoms with Gasteiger partial charge in [-0.1, -0.05) is 50.2 Å². The standard InChI is InChI=1S/C16H22O6P2Si.C8H22O6P2Si2.C6H18O7P2Si2.C6H18O6P2Si.C6H16O6P2Si.C4H12O6P2Si/c1-19-23(17,15-11-7-5-8-12-15)21-25(3,4)22-24(18,20-2)16-13-9-6-10-14-16;1-11-15(9)13-17(3,4)7-8-18(5,6)14-16(10)12-2;1-9-14(7)11-16(3,4)13-17(5,6)12-15(8)10-2;1-9-13(3,7)11-15(5,6)12-14(4,8)10-2;1-5-15(6-2,11-13(7)9-3)12-14(8)10-4;1-7-11(5)9-13(3,4)10-12(6)8-2/h5-14H,1-4H3;7-8H2,1-6H3;1-6H3;1-6H3;5-6H2,1-4H3;1-4H3/q;2*+2;;2*+2. The molecule has 103 heavy (non-hydrogen) atoms. The van der Waals surface area contributed by atoms with E-state index in [0.717, 1.165) is 12.1 Å². The molecule has 2 aromatic carbocycles. The van der Waals surface area contributed by atoms with Gasteiger partial charge in [0.1, 0.15) is 0 Å². The molecule has 12 atom stereocenters. The highest BCUT2D eigenvalue weighted by Crippen LogP contribution is 2.55. The summed E-state index contributed by atoms with van der Waals surface area (Å²) < 4.78 is 263. The van der Waals surface area contributed by atoms with Crippen LogP contribution in [0, 0.1) is 0 Å². The summed E-state index contributed by atoms with van der Waals surface area (Å²) in [7, 11) is -36.0. The minimum atomic E-state index is -3.60.